The summed E-state index contributed by atoms with van der Waals surface area (Å²) in [6.07, 6.45) is 6.24. The van der Waals surface area contributed by atoms with Crippen molar-refractivity contribution in [3.8, 4) is 0 Å². The quantitative estimate of drug-likeness (QED) is 0.485. The highest BCUT2D eigenvalue weighted by Gasteiger charge is 2.36. The minimum absolute atomic E-state index is 0.0595. The summed E-state index contributed by atoms with van der Waals surface area (Å²) in [5.74, 6) is -0.734. The smallest absolute Gasteiger partial charge is 0.309 e. The van der Waals surface area contributed by atoms with E-state index < -0.39 is 17.7 Å². The molecule has 3 aliphatic rings. The van der Waals surface area contributed by atoms with Crippen LogP contribution in [0.15, 0.2) is 5.10 Å². The number of nitrogens with one attached hydrogen (secondary N) is 2. The normalized spacial score (nSPS) is 22.8. The fourth-order valence-corrected chi connectivity index (χ4v) is 4.94. The monoisotopic (exact) mass is 440 g/mol. The third-order valence-electron chi connectivity index (χ3n) is 5.75. The second-order valence-corrected chi connectivity index (χ2v) is 8.80. The third kappa shape index (κ3) is 6.97. The first-order valence-electron chi connectivity index (χ1n) is 11.2. The average molecular weight is 441 g/mol. The fourth-order valence-electron chi connectivity index (χ4n) is 3.97. The summed E-state index contributed by atoms with van der Waals surface area (Å²) in [5.41, 5.74) is 2.38. The van der Waals surface area contributed by atoms with Crippen LogP contribution < -0.4 is 10.7 Å². The number of amidine groups is 1. The largest absolute Gasteiger partial charge is 0.381 e. The minimum atomic E-state index is -0.813. The molecule has 3 fully saturated rings. The first-order chi connectivity index (χ1) is 14.6. The summed E-state index contributed by atoms with van der Waals surface area (Å²) in [6, 6.07) is -0.813. The fraction of sp³-hybridized carbons (Fsp3) is 0.810. The lowest BCUT2D eigenvalue weighted by atomic mass is 9.85. The summed E-state index contributed by atoms with van der Waals surface area (Å²) < 4.78 is 5.38. The summed E-state index contributed by atoms with van der Waals surface area (Å²) in [5, 5.41) is 7.66. The van der Waals surface area contributed by atoms with E-state index in [1.165, 1.54) is 11.8 Å². The molecule has 0 aromatic rings. The summed E-state index contributed by atoms with van der Waals surface area (Å²) in [4.78, 5) is 40.0. The van der Waals surface area contributed by atoms with Crippen LogP contribution >= 0.6 is 11.8 Å². The van der Waals surface area contributed by atoms with E-state index in [2.05, 4.69) is 15.8 Å². The molecule has 30 heavy (non-hydrogen) atoms. The molecule has 9 heteroatoms. The summed E-state index contributed by atoms with van der Waals surface area (Å²) in [7, 11) is 1.89. The maximum Gasteiger partial charge on any atom is 0.309 e. The molecule has 1 atom stereocenters. The molecule has 2 heterocycles. The molecular weight excluding hydrogens is 404 g/mol. The van der Waals surface area contributed by atoms with E-state index in [1.807, 2.05) is 25.8 Å². The highest BCUT2D eigenvalue weighted by atomic mass is 32.2. The number of amides is 2. The van der Waals surface area contributed by atoms with Gasteiger partial charge in [-0.15, -0.1) is 5.10 Å². The molecule has 2 N–H and O–H groups in total. The number of carbonyl (C=O) groups is 3. The van der Waals surface area contributed by atoms with E-state index in [0.29, 0.717) is 31.2 Å². The molecule has 2 amide bonds. The van der Waals surface area contributed by atoms with E-state index in [-0.39, 0.29) is 17.7 Å². The molecule has 2 saturated heterocycles. The third-order valence-corrected chi connectivity index (χ3v) is 6.80. The van der Waals surface area contributed by atoms with Crippen molar-refractivity contribution in [2.75, 3.05) is 32.6 Å². The van der Waals surface area contributed by atoms with E-state index in [9.17, 15) is 14.4 Å². The lowest BCUT2D eigenvalue weighted by Crippen LogP contribution is -2.53. The van der Waals surface area contributed by atoms with Crippen molar-refractivity contribution >= 4 is 34.5 Å². The zero-order chi connectivity index (χ0) is 21.9. The Balaban J connectivity index is 0.00000155. The number of ketones is 1. The molecule has 2 aliphatic heterocycles. The Labute approximate surface area is 183 Å². The number of carbonyl (C=O) groups excluding carboxylic acids is 3. The second kappa shape index (κ2) is 12.9. The first-order valence-corrected chi connectivity index (χ1v) is 12.2. The van der Waals surface area contributed by atoms with Crippen molar-refractivity contribution in [2.24, 2.45) is 16.9 Å². The molecular formula is C21H36N4O4S. The Morgan fingerprint density at radius 2 is 1.77 bits per heavy atom. The van der Waals surface area contributed by atoms with Gasteiger partial charge in [-0.25, -0.2) is 5.43 Å². The van der Waals surface area contributed by atoms with Crippen LogP contribution in [0.3, 0.4) is 0 Å². The first kappa shape index (κ1) is 24.7. The van der Waals surface area contributed by atoms with Gasteiger partial charge in [-0.2, -0.15) is 0 Å². The summed E-state index contributed by atoms with van der Waals surface area (Å²) in [6.45, 7) is 5.94. The van der Waals surface area contributed by atoms with Crippen molar-refractivity contribution in [3.63, 3.8) is 0 Å². The Morgan fingerprint density at radius 1 is 1.10 bits per heavy atom. The van der Waals surface area contributed by atoms with Crippen molar-refractivity contribution in [1.29, 1.82) is 0 Å². The number of hydrogen-bond acceptors (Lipinski definition) is 6. The maximum atomic E-state index is 12.9. The van der Waals surface area contributed by atoms with Gasteiger partial charge in [0, 0.05) is 38.5 Å². The standard InChI is InChI=1S/C19H30N4O4S.C2H6/c1-23-9-12-28-19(23)22-21-18(26)16(24)15(13-7-10-27-11-8-13)20-17(25)14-5-3-2-4-6-14;1-2/h13-15H,2-12H2,1H3,(H,20,25)(H,21,26);1-2H3/b22-19-;. The highest BCUT2D eigenvalue weighted by molar-refractivity contribution is 8.14. The van der Waals surface area contributed by atoms with Gasteiger partial charge in [0.2, 0.25) is 11.7 Å². The van der Waals surface area contributed by atoms with Gasteiger partial charge in [-0.3, -0.25) is 14.4 Å². The van der Waals surface area contributed by atoms with Gasteiger partial charge in [-0.05, 0) is 31.6 Å². The number of Topliss-reactive ketones (excluding diaryl/α,β-unsaturated/α-hetero) is 1. The number of hydrazone groups is 1. The zero-order valence-corrected chi connectivity index (χ0v) is 19.3. The SMILES string of the molecule is CC.CN1CCS/C1=N\NC(=O)C(=O)C(NC(=O)C1CCCCC1)C1CCOCC1. The van der Waals surface area contributed by atoms with Gasteiger partial charge >= 0.3 is 5.91 Å². The number of ether oxygens (including phenoxy) is 1. The highest BCUT2D eigenvalue weighted by Crippen LogP contribution is 2.25. The molecule has 0 spiro atoms. The molecule has 3 rings (SSSR count). The van der Waals surface area contributed by atoms with Gasteiger partial charge in [0.05, 0.1) is 0 Å². The predicted molar refractivity (Wildman–Crippen MR) is 119 cm³/mol. The average Bonchev–Trinajstić information content (AvgIpc) is 3.22. The van der Waals surface area contributed by atoms with E-state index >= 15 is 0 Å². The Bertz CT molecular complexity index is 616. The zero-order valence-electron chi connectivity index (χ0n) is 18.4. The van der Waals surface area contributed by atoms with Crippen LogP contribution in [-0.2, 0) is 19.1 Å². The van der Waals surface area contributed by atoms with Crippen molar-refractivity contribution in [2.45, 2.75) is 64.8 Å². The number of hydrogen-bond donors (Lipinski definition) is 2. The van der Waals surface area contributed by atoms with Crippen LogP contribution in [0.1, 0.15) is 58.8 Å². The Kier molecular flexibility index (Phi) is 10.6. The molecule has 0 radical (unpaired) electrons. The molecule has 0 aromatic heterocycles. The van der Waals surface area contributed by atoms with Crippen molar-refractivity contribution in [1.82, 2.24) is 15.6 Å². The maximum absolute atomic E-state index is 12.9. The minimum Gasteiger partial charge on any atom is -0.381 e. The van der Waals surface area contributed by atoms with E-state index in [4.69, 9.17) is 4.74 Å². The summed E-state index contributed by atoms with van der Waals surface area (Å²) >= 11 is 1.53. The predicted octanol–water partition coefficient (Wildman–Crippen LogP) is 2.14. The Hall–Kier alpha value is -1.61. The lowest BCUT2D eigenvalue weighted by Gasteiger charge is -2.31. The van der Waals surface area contributed by atoms with Crippen molar-refractivity contribution in [3.05, 3.63) is 0 Å². The van der Waals surface area contributed by atoms with Crippen LogP contribution in [0, 0.1) is 11.8 Å². The molecule has 170 valence electrons. The van der Waals surface area contributed by atoms with Crippen LogP contribution in [0.25, 0.3) is 0 Å². The molecule has 1 unspecified atom stereocenters. The van der Waals surface area contributed by atoms with Crippen LogP contribution in [-0.4, -0.2) is 66.3 Å². The van der Waals surface area contributed by atoms with E-state index in [1.54, 1.807) is 0 Å². The van der Waals surface area contributed by atoms with Gasteiger partial charge in [-0.1, -0.05) is 44.9 Å². The van der Waals surface area contributed by atoms with Crippen LogP contribution in [0.5, 0.6) is 0 Å². The molecule has 1 aliphatic carbocycles. The molecule has 0 aromatic carbocycles. The van der Waals surface area contributed by atoms with Gasteiger partial charge in [0.25, 0.3) is 0 Å². The molecule has 8 nitrogen and oxygen atoms in total. The topological polar surface area (TPSA) is 100 Å². The molecule has 1 saturated carbocycles. The second-order valence-electron chi connectivity index (χ2n) is 7.74. The number of thioether (sulfide) groups is 1. The van der Waals surface area contributed by atoms with Crippen LogP contribution in [0.2, 0.25) is 0 Å². The van der Waals surface area contributed by atoms with E-state index in [0.717, 1.165) is 44.4 Å². The number of nitrogens with zero attached hydrogens (tertiary/aromatic N) is 2. The van der Waals surface area contributed by atoms with Crippen molar-refractivity contribution < 1.29 is 19.1 Å². The number of rotatable bonds is 6. The van der Waals surface area contributed by atoms with Crippen LogP contribution in [0.4, 0.5) is 0 Å². The van der Waals surface area contributed by atoms with Gasteiger partial charge in [0.15, 0.2) is 5.17 Å². The van der Waals surface area contributed by atoms with Gasteiger partial charge in [0.1, 0.15) is 6.04 Å². The molecule has 0 bridgehead atoms. The van der Waals surface area contributed by atoms with Gasteiger partial charge < -0.3 is 15.0 Å². The lowest BCUT2D eigenvalue weighted by molar-refractivity contribution is -0.142. The Morgan fingerprint density at radius 3 is 2.37 bits per heavy atom.